The molecule has 0 N–H and O–H groups in total. The summed E-state index contributed by atoms with van der Waals surface area (Å²) in [6.45, 7) is 2.88. The van der Waals surface area contributed by atoms with E-state index in [1.54, 1.807) is 23.3 Å². The van der Waals surface area contributed by atoms with Crippen LogP contribution in [0, 0.1) is 0 Å². The summed E-state index contributed by atoms with van der Waals surface area (Å²) in [6.07, 6.45) is 7.16. The van der Waals surface area contributed by atoms with Crippen LogP contribution in [-0.4, -0.2) is 56.0 Å². The first kappa shape index (κ1) is 17.2. The van der Waals surface area contributed by atoms with Gasteiger partial charge in [0.15, 0.2) is 5.82 Å². The molecule has 0 unspecified atom stereocenters. The van der Waals surface area contributed by atoms with E-state index >= 15 is 0 Å². The number of ether oxygens (including phenoxy) is 1. The zero-order valence-electron chi connectivity index (χ0n) is 14.9. The number of halogens is 1. The van der Waals surface area contributed by atoms with Gasteiger partial charge in [-0.05, 0) is 40.2 Å². The van der Waals surface area contributed by atoms with E-state index in [-0.39, 0.29) is 0 Å². The van der Waals surface area contributed by atoms with Crippen LogP contribution in [0.1, 0.15) is 0 Å². The van der Waals surface area contributed by atoms with Crippen LogP contribution in [0.2, 0.25) is 0 Å². The summed E-state index contributed by atoms with van der Waals surface area (Å²) < 4.78 is 8.04. The van der Waals surface area contributed by atoms with Gasteiger partial charge < -0.3 is 9.64 Å². The van der Waals surface area contributed by atoms with Crippen molar-refractivity contribution < 1.29 is 4.74 Å². The lowest BCUT2D eigenvalue weighted by molar-refractivity contribution is 0.122. The Hall–Kier alpha value is -2.91. The van der Waals surface area contributed by atoms with Crippen molar-refractivity contribution in [3.05, 3.63) is 53.5 Å². The Morgan fingerprint density at radius 3 is 2.79 bits per heavy atom. The number of morpholine rings is 1. The van der Waals surface area contributed by atoms with Gasteiger partial charge in [0.1, 0.15) is 5.52 Å². The zero-order valence-corrected chi connectivity index (χ0v) is 16.4. The number of aromatic nitrogens is 6. The molecule has 4 aromatic rings. The number of hydrogen-bond acceptors (Lipinski definition) is 7. The number of hydrogen-bond donors (Lipinski definition) is 0. The van der Waals surface area contributed by atoms with Gasteiger partial charge in [-0.3, -0.25) is 4.98 Å². The molecule has 0 atom stereocenters. The third kappa shape index (κ3) is 3.23. The monoisotopic (exact) mass is 437 g/mol. The highest BCUT2D eigenvalue weighted by atomic mass is 79.9. The van der Waals surface area contributed by atoms with Crippen molar-refractivity contribution in [2.45, 2.75) is 0 Å². The Kier molecular flexibility index (Phi) is 4.46. The molecular formula is C19H16BrN7O. The average Bonchev–Trinajstić information content (AvgIpc) is 3.24. The molecular weight excluding hydrogens is 422 g/mol. The second kappa shape index (κ2) is 7.25. The minimum Gasteiger partial charge on any atom is -0.378 e. The second-order valence-electron chi connectivity index (χ2n) is 6.36. The fourth-order valence-corrected chi connectivity index (χ4v) is 3.49. The second-order valence-corrected chi connectivity index (χ2v) is 7.27. The first-order valence-electron chi connectivity index (χ1n) is 8.90. The highest BCUT2D eigenvalue weighted by Gasteiger charge is 2.19. The first-order valence-corrected chi connectivity index (χ1v) is 9.70. The maximum atomic E-state index is 5.48. The number of rotatable bonds is 3. The van der Waals surface area contributed by atoms with Crippen LogP contribution in [0.4, 0.5) is 5.82 Å². The summed E-state index contributed by atoms with van der Waals surface area (Å²) in [5.74, 6) is 1.30. The van der Waals surface area contributed by atoms with Gasteiger partial charge in [-0.2, -0.15) is 10.1 Å². The lowest BCUT2D eigenvalue weighted by Gasteiger charge is -2.28. The summed E-state index contributed by atoms with van der Waals surface area (Å²) in [6, 6.07) is 7.74. The Morgan fingerprint density at radius 1 is 1.07 bits per heavy atom. The number of pyridine rings is 2. The van der Waals surface area contributed by atoms with E-state index in [1.165, 1.54) is 0 Å². The van der Waals surface area contributed by atoms with Gasteiger partial charge in [0.05, 0.1) is 24.4 Å². The van der Waals surface area contributed by atoms with Crippen molar-refractivity contribution >= 4 is 32.8 Å². The van der Waals surface area contributed by atoms with Crippen LogP contribution in [-0.2, 0) is 4.74 Å². The van der Waals surface area contributed by atoms with Crippen LogP contribution in [0.3, 0.4) is 0 Å². The summed E-state index contributed by atoms with van der Waals surface area (Å²) in [5.41, 5.74) is 3.30. The normalized spacial score (nSPS) is 14.5. The fourth-order valence-electron chi connectivity index (χ4n) is 3.17. The Balaban J connectivity index is 1.62. The molecule has 5 rings (SSSR count). The predicted octanol–water partition coefficient (Wildman–Crippen LogP) is 2.87. The molecule has 1 aliphatic rings. The van der Waals surface area contributed by atoms with Gasteiger partial charge in [-0.15, -0.1) is 0 Å². The van der Waals surface area contributed by atoms with Gasteiger partial charge in [0, 0.05) is 47.9 Å². The lowest BCUT2D eigenvalue weighted by Crippen LogP contribution is -2.37. The van der Waals surface area contributed by atoms with Crippen molar-refractivity contribution in [3.63, 3.8) is 0 Å². The van der Waals surface area contributed by atoms with Crippen LogP contribution >= 0.6 is 15.9 Å². The molecule has 0 amide bonds. The smallest absolute Gasteiger partial charge is 0.253 e. The summed E-state index contributed by atoms with van der Waals surface area (Å²) >= 11 is 3.48. The number of fused-ring (bicyclic) bond motifs is 1. The fraction of sp³-hybridized carbons (Fsp3) is 0.211. The zero-order chi connectivity index (χ0) is 18.9. The maximum absolute atomic E-state index is 5.48. The van der Waals surface area contributed by atoms with Crippen molar-refractivity contribution in [1.82, 2.24) is 29.7 Å². The van der Waals surface area contributed by atoms with E-state index in [1.807, 2.05) is 30.5 Å². The minimum absolute atomic E-state index is 0.504. The number of nitrogens with zero attached hydrogens (tertiary/aromatic N) is 7. The molecule has 9 heteroatoms. The third-order valence-corrected chi connectivity index (χ3v) is 4.97. The van der Waals surface area contributed by atoms with E-state index in [0.29, 0.717) is 19.2 Å². The van der Waals surface area contributed by atoms with Crippen molar-refractivity contribution in [1.29, 1.82) is 0 Å². The van der Waals surface area contributed by atoms with Gasteiger partial charge in [-0.25, -0.2) is 14.6 Å². The van der Waals surface area contributed by atoms with E-state index < -0.39 is 0 Å². The Bertz CT molecular complexity index is 1130. The molecule has 5 heterocycles. The van der Waals surface area contributed by atoms with E-state index in [2.05, 4.69) is 35.9 Å². The molecule has 0 aromatic carbocycles. The average molecular weight is 438 g/mol. The quantitative estimate of drug-likeness (QED) is 0.487. The molecule has 1 fully saturated rings. The maximum Gasteiger partial charge on any atom is 0.253 e. The van der Waals surface area contributed by atoms with Crippen molar-refractivity contribution in [2.75, 3.05) is 31.2 Å². The molecule has 4 aromatic heterocycles. The SMILES string of the molecule is Brc1cnc2c(N3CCOCC3)nc(-n3ccc(-c4cccnc4)n3)nc2c1. The van der Waals surface area contributed by atoms with Crippen LogP contribution in [0.5, 0.6) is 0 Å². The lowest BCUT2D eigenvalue weighted by atomic mass is 10.2. The standard InChI is InChI=1S/C19H16BrN7O/c20-14-10-16-17(22-12-14)18(26-6-8-28-9-7-26)24-19(23-16)27-5-3-15(25-27)13-2-1-4-21-11-13/h1-5,10-12H,6-9H2. The summed E-state index contributed by atoms with van der Waals surface area (Å²) in [5, 5.41) is 4.64. The highest BCUT2D eigenvalue weighted by Crippen LogP contribution is 2.26. The van der Waals surface area contributed by atoms with Crippen LogP contribution in [0.15, 0.2) is 53.5 Å². The molecule has 1 saturated heterocycles. The Morgan fingerprint density at radius 2 is 1.96 bits per heavy atom. The molecule has 140 valence electrons. The molecule has 0 radical (unpaired) electrons. The Labute approximate surface area is 169 Å². The molecule has 0 bridgehead atoms. The third-order valence-electron chi connectivity index (χ3n) is 4.53. The molecule has 1 aliphatic heterocycles. The van der Waals surface area contributed by atoms with Crippen molar-refractivity contribution in [2.24, 2.45) is 0 Å². The van der Waals surface area contributed by atoms with Crippen molar-refractivity contribution in [3.8, 4) is 17.2 Å². The minimum atomic E-state index is 0.504. The highest BCUT2D eigenvalue weighted by molar-refractivity contribution is 9.10. The summed E-state index contributed by atoms with van der Waals surface area (Å²) in [4.78, 5) is 20.4. The van der Waals surface area contributed by atoms with Gasteiger partial charge in [0.2, 0.25) is 0 Å². The molecule has 0 spiro atoms. The van der Waals surface area contributed by atoms with Gasteiger partial charge in [-0.1, -0.05) is 0 Å². The van der Waals surface area contributed by atoms with Gasteiger partial charge >= 0.3 is 0 Å². The van der Waals surface area contributed by atoms with E-state index in [9.17, 15) is 0 Å². The number of anilines is 1. The summed E-state index contributed by atoms with van der Waals surface area (Å²) in [7, 11) is 0. The largest absolute Gasteiger partial charge is 0.378 e. The molecule has 0 saturated carbocycles. The molecule has 0 aliphatic carbocycles. The predicted molar refractivity (Wildman–Crippen MR) is 108 cm³/mol. The van der Waals surface area contributed by atoms with Crippen LogP contribution in [0.25, 0.3) is 28.2 Å². The molecule has 28 heavy (non-hydrogen) atoms. The molecule has 8 nitrogen and oxygen atoms in total. The first-order chi connectivity index (χ1) is 13.8. The van der Waals surface area contributed by atoms with Crippen LogP contribution < -0.4 is 4.90 Å². The topological polar surface area (TPSA) is 81.9 Å². The van der Waals surface area contributed by atoms with Gasteiger partial charge in [0.25, 0.3) is 5.95 Å². The van der Waals surface area contributed by atoms with E-state index in [0.717, 1.165) is 45.7 Å². The van der Waals surface area contributed by atoms with E-state index in [4.69, 9.17) is 14.7 Å².